The van der Waals surface area contributed by atoms with Crippen LogP contribution < -0.4 is 5.32 Å². The smallest absolute Gasteiger partial charge is 0.234 e. The summed E-state index contributed by atoms with van der Waals surface area (Å²) in [5.41, 5.74) is 2.68. The Morgan fingerprint density at radius 1 is 1.19 bits per heavy atom. The average Bonchev–Trinajstić information content (AvgIpc) is 3.06. The van der Waals surface area contributed by atoms with Crippen LogP contribution >= 0.6 is 23.4 Å². The number of anilines is 1. The molecule has 0 aliphatic heterocycles. The lowest BCUT2D eigenvalue weighted by Gasteiger charge is -2.10. The van der Waals surface area contributed by atoms with E-state index in [4.69, 9.17) is 11.6 Å². The minimum absolute atomic E-state index is 0.0962. The fourth-order valence-corrected chi connectivity index (χ4v) is 3.54. The number of hydrogen-bond donors (Lipinski definition) is 1. The molecule has 5 nitrogen and oxygen atoms in total. The summed E-state index contributed by atoms with van der Waals surface area (Å²) in [4.78, 5) is 12.3. The molecule has 1 aromatic heterocycles. The van der Waals surface area contributed by atoms with Crippen LogP contribution in [0.15, 0.2) is 53.7 Å². The first-order valence-corrected chi connectivity index (χ1v) is 9.63. The molecule has 0 radical (unpaired) electrons. The topological polar surface area (TPSA) is 59.8 Å². The molecule has 0 aliphatic rings. The SMILES string of the molecule is CCc1nnc(SCC(=O)Nc2ccc(Cl)cc2C)n1-c1ccccc1. The van der Waals surface area contributed by atoms with Crippen LogP contribution in [0.2, 0.25) is 5.02 Å². The van der Waals surface area contributed by atoms with Crippen LogP contribution in [0.4, 0.5) is 5.69 Å². The summed E-state index contributed by atoms with van der Waals surface area (Å²) in [6.07, 6.45) is 0.763. The van der Waals surface area contributed by atoms with Crippen molar-refractivity contribution in [3.8, 4) is 5.69 Å². The molecule has 0 fully saturated rings. The molecule has 1 amide bonds. The zero-order valence-electron chi connectivity index (χ0n) is 14.6. The number of carbonyl (C=O) groups is 1. The highest BCUT2D eigenvalue weighted by atomic mass is 35.5. The molecular formula is C19H19ClN4OS. The van der Waals surface area contributed by atoms with E-state index in [1.165, 1.54) is 11.8 Å². The standard InChI is InChI=1S/C19H19ClN4OS/c1-3-17-22-23-19(24(17)15-7-5-4-6-8-15)26-12-18(25)21-16-10-9-14(20)11-13(16)2/h4-11H,3,12H2,1-2H3,(H,21,25). The molecule has 0 aliphatic carbocycles. The molecule has 7 heteroatoms. The molecule has 0 saturated heterocycles. The summed E-state index contributed by atoms with van der Waals surface area (Å²) >= 11 is 7.32. The van der Waals surface area contributed by atoms with Gasteiger partial charge >= 0.3 is 0 Å². The summed E-state index contributed by atoms with van der Waals surface area (Å²) in [5, 5.41) is 12.8. The van der Waals surface area contributed by atoms with Crippen molar-refractivity contribution in [1.29, 1.82) is 0 Å². The molecule has 0 saturated carbocycles. The Morgan fingerprint density at radius 3 is 2.65 bits per heavy atom. The second-order valence-corrected chi connectivity index (χ2v) is 7.10. The number of para-hydroxylation sites is 1. The largest absolute Gasteiger partial charge is 0.325 e. The number of rotatable bonds is 6. The Kier molecular flexibility index (Phi) is 5.96. The van der Waals surface area contributed by atoms with Gasteiger partial charge in [-0.2, -0.15) is 0 Å². The second-order valence-electron chi connectivity index (χ2n) is 5.72. The van der Waals surface area contributed by atoms with Crippen LogP contribution in [0.1, 0.15) is 18.3 Å². The maximum absolute atomic E-state index is 12.3. The van der Waals surface area contributed by atoms with Crippen molar-refractivity contribution < 1.29 is 4.79 Å². The van der Waals surface area contributed by atoms with E-state index >= 15 is 0 Å². The normalized spacial score (nSPS) is 10.7. The fraction of sp³-hybridized carbons (Fsp3) is 0.211. The van der Waals surface area contributed by atoms with Crippen molar-refractivity contribution in [2.75, 3.05) is 11.1 Å². The van der Waals surface area contributed by atoms with Crippen LogP contribution in [-0.4, -0.2) is 26.4 Å². The van der Waals surface area contributed by atoms with Gasteiger partial charge in [-0.25, -0.2) is 0 Å². The van der Waals surface area contributed by atoms with Crippen molar-refractivity contribution in [3.05, 3.63) is 64.9 Å². The van der Waals surface area contributed by atoms with E-state index in [9.17, 15) is 4.79 Å². The summed E-state index contributed by atoms with van der Waals surface area (Å²) in [6, 6.07) is 15.3. The monoisotopic (exact) mass is 386 g/mol. The van der Waals surface area contributed by atoms with Gasteiger partial charge in [-0.15, -0.1) is 10.2 Å². The number of nitrogens with one attached hydrogen (secondary N) is 1. The van der Waals surface area contributed by atoms with Gasteiger partial charge in [0.2, 0.25) is 5.91 Å². The first-order valence-electron chi connectivity index (χ1n) is 8.27. The Morgan fingerprint density at radius 2 is 1.96 bits per heavy atom. The predicted molar refractivity (Wildman–Crippen MR) is 106 cm³/mol. The number of aryl methyl sites for hydroxylation is 2. The van der Waals surface area contributed by atoms with E-state index in [0.717, 1.165) is 29.2 Å². The van der Waals surface area contributed by atoms with Crippen molar-refractivity contribution >= 4 is 35.0 Å². The second kappa shape index (κ2) is 8.38. The van der Waals surface area contributed by atoms with Gasteiger partial charge in [-0.05, 0) is 42.8 Å². The molecule has 0 unspecified atom stereocenters. The van der Waals surface area contributed by atoms with E-state index < -0.39 is 0 Å². The number of aromatic nitrogens is 3. The van der Waals surface area contributed by atoms with Crippen LogP contribution in [0.25, 0.3) is 5.69 Å². The number of hydrogen-bond acceptors (Lipinski definition) is 4. The van der Waals surface area contributed by atoms with E-state index in [1.54, 1.807) is 6.07 Å². The Labute approximate surface area is 161 Å². The number of benzene rings is 2. The zero-order valence-corrected chi connectivity index (χ0v) is 16.1. The fourth-order valence-electron chi connectivity index (χ4n) is 2.54. The van der Waals surface area contributed by atoms with Gasteiger partial charge in [0, 0.05) is 22.8 Å². The van der Waals surface area contributed by atoms with Gasteiger partial charge < -0.3 is 5.32 Å². The van der Waals surface area contributed by atoms with Gasteiger partial charge in [0.15, 0.2) is 5.16 Å². The third-order valence-corrected chi connectivity index (χ3v) is 4.99. The number of nitrogens with zero attached hydrogens (tertiary/aromatic N) is 3. The van der Waals surface area contributed by atoms with Crippen molar-refractivity contribution in [2.45, 2.75) is 25.4 Å². The summed E-state index contributed by atoms with van der Waals surface area (Å²) < 4.78 is 1.99. The van der Waals surface area contributed by atoms with E-state index in [2.05, 4.69) is 15.5 Å². The number of thioether (sulfide) groups is 1. The van der Waals surface area contributed by atoms with Crippen molar-refractivity contribution in [2.24, 2.45) is 0 Å². The summed E-state index contributed by atoms with van der Waals surface area (Å²) in [7, 11) is 0. The van der Waals surface area contributed by atoms with Gasteiger partial charge in [0.05, 0.1) is 5.75 Å². The maximum Gasteiger partial charge on any atom is 0.234 e. The van der Waals surface area contributed by atoms with Crippen molar-refractivity contribution in [1.82, 2.24) is 14.8 Å². The first-order chi connectivity index (χ1) is 12.6. The molecular weight excluding hydrogens is 368 g/mol. The van der Waals surface area contributed by atoms with Crippen molar-refractivity contribution in [3.63, 3.8) is 0 Å². The van der Waals surface area contributed by atoms with E-state index in [1.807, 2.05) is 60.9 Å². The molecule has 0 spiro atoms. The van der Waals surface area contributed by atoms with Crippen LogP contribution in [0, 0.1) is 6.92 Å². The molecule has 2 aromatic carbocycles. The highest BCUT2D eigenvalue weighted by Gasteiger charge is 2.15. The summed E-state index contributed by atoms with van der Waals surface area (Å²) in [5.74, 6) is 1.02. The lowest BCUT2D eigenvalue weighted by molar-refractivity contribution is -0.113. The third-order valence-electron chi connectivity index (χ3n) is 3.83. The Hall–Kier alpha value is -2.31. The van der Waals surface area contributed by atoms with Gasteiger partial charge in [0.25, 0.3) is 0 Å². The van der Waals surface area contributed by atoms with Gasteiger partial charge in [-0.3, -0.25) is 9.36 Å². The molecule has 0 atom stereocenters. The van der Waals surface area contributed by atoms with E-state index in [0.29, 0.717) is 10.2 Å². The Balaban J connectivity index is 1.72. The van der Waals surface area contributed by atoms with E-state index in [-0.39, 0.29) is 11.7 Å². The highest BCUT2D eigenvalue weighted by molar-refractivity contribution is 7.99. The Bertz CT molecular complexity index is 911. The molecule has 0 bridgehead atoms. The molecule has 1 N–H and O–H groups in total. The van der Waals surface area contributed by atoms with Crippen LogP contribution in [0.5, 0.6) is 0 Å². The predicted octanol–water partition coefficient (Wildman–Crippen LogP) is 4.52. The zero-order chi connectivity index (χ0) is 18.5. The van der Waals surface area contributed by atoms with Crippen LogP contribution in [-0.2, 0) is 11.2 Å². The van der Waals surface area contributed by atoms with Gasteiger partial charge in [0.1, 0.15) is 5.82 Å². The summed E-state index contributed by atoms with van der Waals surface area (Å²) in [6.45, 7) is 3.95. The number of carbonyl (C=O) groups excluding carboxylic acids is 1. The maximum atomic E-state index is 12.3. The lowest BCUT2D eigenvalue weighted by atomic mass is 10.2. The average molecular weight is 387 g/mol. The lowest BCUT2D eigenvalue weighted by Crippen LogP contribution is -2.15. The quantitative estimate of drug-likeness (QED) is 0.632. The molecule has 3 rings (SSSR count). The van der Waals surface area contributed by atoms with Gasteiger partial charge in [-0.1, -0.05) is 48.5 Å². The first kappa shape index (κ1) is 18.5. The minimum Gasteiger partial charge on any atom is -0.325 e. The number of halogens is 1. The van der Waals surface area contributed by atoms with Crippen LogP contribution in [0.3, 0.4) is 0 Å². The molecule has 1 heterocycles. The number of amides is 1. The molecule has 3 aromatic rings. The molecule has 26 heavy (non-hydrogen) atoms. The highest BCUT2D eigenvalue weighted by Crippen LogP contribution is 2.23. The third kappa shape index (κ3) is 4.26. The molecule has 134 valence electrons. The minimum atomic E-state index is -0.0962.